The zero-order valence-electron chi connectivity index (χ0n) is 14.6. The van der Waals surface area contributed by atoms with E-state index in [0.717, 1.165) is 18.5 Å². The van der Waals surface area contributed by atoms with Gasteiger partial charge in [-0.1, -0.05) is 12.1 Å². The summed E-state index contributed by atoms with van der Waals surface area (Å²) in [5.41, 5.74) is 4.59. The molecular formula is C20H23N3O2. The number of hydrogen-bond donors (Lipinski definition) is 3. The molecule has 0 saturated heterocycles. The maximum absolute atomic E-state index is 12.5. The lowest BCUT2D eigenvalue weighted by atomic mass is 10.1. The number of carbonyl (C=O) groups is 2. The first-order chi connectivity index (χ1) is 12.0. The molecule has 25 heavy (non-hydrogen) atoms. The fourth-order valence-corrected chi connectivity index (χ4v) is 3.02. The van der Waals surface area contributed by atoms with Crippen molar-refractivity contribution >= 4 is 23.3 Å². The van der Waals surface area contributed by atoms with Crippen LogP contribution in [0, 0.1) is 0 Å². The summed E-state index contributed by atoms with van der Waals surface area (Å²) >= 11 is 0. The summed E-state index contributed by atoms with van der Waals surface area (Å²) in [5.74, 6) is -0.189. The van der Waals surface area contributed by atoms with Gasteiger partial charge in [0.15, 0.2) is 0 Å². The first kappa shape index (κ1) is 17.0. The van der Waals surface area contributed by atoms with Crippen molar-refractivity contribution in [3.05, 3.63) is 59.2 Å². The van der Waals surface area contributed by atoms with Gasteiger partial charge in [0.1, 0.15) is 0 Å². The maximum Gasteiger partial charge on any atom is 0.319 e. The molecule has 0 radical (unpaired) electrons. The van der Waals surface area contributed by atoms with Gasteiger partial charge in [0.2, 0.25) is 0 Å². The third-order valence-corrected chi connectivity index (χ3v) is 4.16. The summed E-state index contributed by atoms with van der Waals surface area (Å²) in [4.78, 5) is 24.3. The van der Waals surface area contributed by atoms with Gasteiger partial charge in [0, 0.05) is 23.0 Å². The van der Waals surface area contributed by atoms with Crippen LogP contribution in [0.4, 0.5) is 16.2 Å². The van der Waals surface area contributed by atoms with Crippen molar-refractivity contribution in [2.24, 2.45) is 0 Å². The average molecular weight is 337 g/mol. The standard InChI is InChI=1S/C20H23N3O2/c1-13(2)21-20(25)23-17-8-4-7-16(12-17)19(24)22-18-10-9-14-5-3-6-15(14)11-18/h4,7-13H,3,5-6H2,1-2H3,(H,22,24)(H2,21,23,25). The van der Waals surface area contributed by atoms with Gasteiger partial charge in [-0.2, -0.15) is 0 Å². The summed E-state index contributed by atoms with van der Waals surface area (Å²) < 4.78 is 0. The minimum atomic E-state index is -0.286. The van der Waals surface area contributed by atoms with Crippen molar-refractivity contribution in [3.63, 3.8) is 0 Å². The Hall–Kier alpha value is -2.82. The fraction of sp³-hybridized carbons (Fsp3) is 0.300. The number of anilines is 2. The molecule has 1 aliphatic rings. The highest BCUT2D eigenvalue weighted by Gasteiger charge is 2.13. The molecule has 0 fully saturated rings. The number of hydrogen-bond acceptors (Lipinski definition) is 2. The number of amides is 3. The van der Waals surface area contributed by atoms with Gasteiger partial charge in [0.05, 0.1) is 0 Å². The molecule has 5 heteroatoms. The Kier molecular flexibility index (Phi) is 5.03. The van der Waals surface area contributed by atoms with E-state index in [0.29, 0.717) is 11.3 Å². The second-order valence-electron chi connectivity index (χ2n) is 6.63. The quantitative estimate of drug-likeness (QED) is 0.790. The summed E-state index contributed by atoms with van der Waals surface area (Å²) in [5, 5.41) is 8.42. The van der Waals surface area contributed by atoms with Crippen molar-refractivity contribution in [1.29, 1.82) is 0 Å². The van der Waals surface area contributed by atoms with Gasteiger partial charge in [0.25, 0.3) is 5.91 Å². The molecule has 2 aromatic rings. The number of aryl methyl sites for hydroxylation is 2. The Bertz CT molecular complexity index is 799. The first-order valence-corrected chi connectivity index (χ1v) is 8.62. The Morgan fingerprint density at radius 2 is 1.68 bits per heavy atom. The molecule has 1 aliphatic carbocycles. The highest BCUT2D eigenvalue weighted by molar-refractivity contribution is 6.05. The molecular weight excluding hydrogens is 314 g/mol. The minimum absolute atomic E-state index is 0.0475. The highest BCUT2D eigenvalue weighted by Crippen LogP contribution is 2.25. The maximum atomic E-state index is 12.5. The van der Waals surface area contributed by atoms with E-state index < -0.39 is 0 Å². The van der Waals surface area contributed by atoms with Crippen LogP contribution in [0.3, 0.4) is 0 Å². The van der Waals surface area contributed by atoms with Gasteiger partial charge in [-0.05, 0) is 74.6 Å². The highest BCUT2D eigenvalue weighted by atomic mass is 16.2. The van der Waals surface area contributed by atoms with E-state index in [4.69, 9.17) is 0 Å². The molecule has 0 spiro atoms. The molecule has 0 atom stereocenters. The Morgan fingerprint density at radius 3 is 2.48 bits per heavy atom. The predicted molar refractivity (Wildman–Crippen MR) is 100 cm³/mol. The van der Waals surface area contributed by atoms with Gasteiger partial charge >= 0.3 is 6.03 Å². The van der Waals surface area contributed by atoms with Gasteiger partial charge in [-0.15, -0.1) is 0 Å². The number of fused-ring (bicyclic) bond motifs is 1. The normalized spacial score (nSPS) is 12.6. The fourth-order valence-electron chi connectivity index (χ4n) is 3.02. The molecule has 0 aromatic heterocycles. The largest absolute Gasteiger partial charge is 0.336 e. The third-order valence-electron chi connectivity index (χ3n) is 4.16. The van der Waals surface area contributed by atoms with Gasteiger partial charge in [-0.25, -0.2) is 4.79 Å². The number of urea groups is 1. The van der Waals surface area contributed by atoms with E-state index in [1.165, 1.54) is 17.5 Å². The second-order valence-corrected chi connectivity index (χ2v) is 6.63. The van der Waals surface area contributed by atoms with Crippen molar-refractivity contribution in [2.45, 2.75) is 39.2 Å². The topological polar surface area (TPSA) is 70.2 Å². The molecule has 3 N–H and O–H groups in total. The monoisotopic (exact) mass is 337 g/mol. The van der Waals surface area contributed by atoms with E-state index >= 15 is 0 Å². The summed E-state index contributed by atoms with van der Waals surface area (Å²) in [6.45, 7) is 3.78. The van der Waals surface area contributed by atoms with Gasteiger partial charge in [-0.3, -0.25) is 4.79 Å². The van der Waals surface area contributed by atoms with E-state index in [2.05, 4.69) is 28.1 Å². The van der Waals surface area contributed by atoms with Crippen LogP contribution in [0.15, 0.2) is 42.5 Å². The van der Waals surface area contributed by atoms with Crippen LogP contribution in [-0.2, 0) is 12.8 Å². The van der Waals surface area contributed by atoms with E-state index in [1.807, 2.05) is 19.9 Å². The SMILES string of the molecule is CC(C)NC(=O)Nc1cccc(C(=O)Nc2ccc3c(c2)CCC3)c1. The lowest BCUT2D eigenvalue weighted by Crippen LogP contribution is -2.34. The lowest BCUT2D eigenvalue weighted by Gasteiger charge is -2.11. The Balaban J connectivity index is 1.68. The van der Waals surface area contributed by atoms with E-state index in [-0.39, 0.29) is 18.0 Å². The molecule has 0 aliphatic heterocycles. The first-order valence-electron chi connectivity index (χ1n) is 8.62. The number of benzene rings is 2. The molecule has 3 rings (SSSR count). The second kappa shape index (κ2) is 7.38. The van der Waals surface area contributed by atoms with Crippen LogP contribution < -0.4 is 16.0 Å². The summed E-state index contributed by atoms with van der Waals surface area (Å²) in [7, 11) is 0. The Labute approximate surface area is 147 Å². The van der Waals surface area contributed by atoms with Crippen molar-refractivity contribution < 1.29 is 9.59 Å². The molecule has 0 saturated carbocycles. The van der Waals surface area contributed by atoms with Crippen LogP contribution in [0.5, 0.6) is 0 Å². The summed E-state index contributed by atoms with van der Waals surface area (Å²) in [6.07, 6.45) is 3.37. The number of rotatable bonds is 4. The minimum Gasteiger partial charge on any atom is -0.336 e. The molecule has 0 bridgehead atoms. The smallest absolute Gasteiger partial charge is 0.319 e. The van der Waals surface area contributed by atoms with E-state index in [1.54, 1.807) is 24.3 Å². The zero-order valence-corrected chi connectivity index (χ0v) is 14.6. The molecule has 0 unspecified atom stereocenters. The molecule has 2 aromatic carbocycles. The summed E-state index contributed by atoms with van der Waals surface area (Å²) in [6, 6.07) is 12.8. The molecule has 5 nitrogen and oxygen atoms in total. The van der Waals surface area contributed by atoms with Crippen LogP contribution >= 0.6 is 0 Å². The van der Waals surface area contributed by atoms with E-state index in [9.17, 15) is 9.59 Å². The van der Waals surface area contributed by atoms with Crippen LogP contribution in [0.2, 0.25) is 0 Å². The van der Waals surface area contributed by atoms with Crippen LogP contribution in [0.25, 0.3) is 0 Å². The van der Waals surface area contributed by atoms with Crippen molar-refractivity contribution in [2.75, 3.05) is 10.6 Å². The average Bonchev–Trinajstić information content (AvgIpc) is 3.02. The molecule has 3 amide bonds. The van der Waals surface area contributed by atoms with Crippen LogP contribution in [0.1, 0.15) is 41.8 Å². The Morgan fingerprint density at radius 1 is 0.920 bits per heavy atom. The zero-order chi connectivity index (χ0) is 17.8. The molecule has 130 valence electrons. The van der Waals surface area contributed by atoms with Crippen LogP contribution in [-0.4, -0.2) is 18.0 Å². The van der Waals surface area contributed by atoms with Gasteiger partial charge < -0.3 is 16.0 Å². The number of carbonyl (C=O) groups excluding carboxylic acids is 2. The lowest BCUT2D eigenvalue weighted by molar-refractivity contribution is 0.102. The third kappa shape index (κ3) is 4.38. The predicted octanol–water partition coefficient (Wildman–Crippen LogP) is 3.96. The van der Waals surface area contributed by atoms with Crippen molar-refractivity contribution in [1.82, 2.24) is 5.32 Å². The molecule has 0 heterocycles. The number of nitrogens with one attached hydrogen (secondary N) is 3. The van der Waals surface area contributed by atoms with Crippen molar-refractivity contribution in [3.8, 4) is 0 Å².